The number of likely N-dealkylation sites (tertiary alicyclic amines) is 1. The molecule has 1 aliphatic heterocycles. The van der Waals surface area contributed by atoms with Gasteiger partial charge in [0.25, 0.3) is 0 Å². The molecule has 114 valence electrons. The molecule has 0 saturated carbocycles. The van der Waals surface area contributed by atoms with Gasteiger partial charge in [-0.3, -0.25) is 4.79 Å². The number of rotatable bonds is 5. The van der Waals surface area contributed by atoms with Gasteiger partial charge in [0, 0.05) is 30.9 Å². The number of amides is 1. The molecule has 1 aromatic heterocycles. The summed E-state index contributed by atoms with van der Waals surface area (Å²) >= 11 is 0. The lowest BCUT2D eigenvalue weighted by atomic mass is 10.1. The van der Waals surface area contributed by atoms with Crippen LogP contribution in [0, 0.1) is 5.82 Å². The lowest BCUT2D eigenvalue weighted by Crippen LogP contribution is -2.29. The van der Waals surface area contributed by atoms with Crippen LogP contribution in [0.25, 0.3) is 11.3 Å². The number of hydrogen-bond donors (Lipinski definition) is 0. The van der Waals surface area contributed by atoms with Crippen LogP contribution < -0.4 is 4.74 Å². The summed E-state index contributed by atoms with van der Waals surface area (Å²) in [5.41, 5.74) is 1.30. The minimum Gasteiger partial charge on any atom is -0.474 e. The smallest absolute Gasteiger partial charge is 0.240 e. The van der Waals surface area contributed by atoms with E-state index in [4.69, 9.17) is 4.74 Å². The topological polar surface area (TPSA) is 55.3 Å². The van der Waals surface area contributed by atoms with Crippen molar-refractivity contribution in [1.29, 1.82) is 0 Å². The first-order valence-electron chi connectivity index (χ1n) is 7.21. The van der Waals surface area contributed by atoms with Crippen molar-refractivity contribution < 1.29 is 13.9 Å². The van der Waals surface area contributed by atoms with Crippen LogP contribution in [0.4, 0.5) is 4.39 Å². The molecule has 1 aromatic carbocycles. The Balaban J connectivity index is 1.68. The van der Waals surface area contributed by atoms with Gasteiger partial charge in [-0.1, -0.05) is 0 Å². The van der Waals surface area contributed by atoms with Gasteiger partial charge in [0.1, 0.15) is 18.1 Å². The minimum absolute atomic E-state index is 0.168. The predicted molar refractivity (Wildman–Crippen MR) is 78.7 cm³/mol. The number of carbonyl (C=O) groups excluding carboxylic acids is 1. The van der Waals surface area contributed by atoms with E-state index >= 15 is 0 Å². The number of nitrogens with zero attached hydrogens (tertiary/aromatic N) is 3. The van der Waals surface area contributed by atoms with Crippen LogP contribution in [-0.2, 0) is 4.79 Å². The predicted octanol–water partition coefficient (Wildman–Crippen LogP) is 2.28. The molecule has 0 aliphatic carbocycles. The third-order valence-electron chi connectivity index (χ3n) is 3.55. The summed E-state index contributed by atoms with van der Waals surface area (Å²) in [5.74, 6) is 0.255. The van der Waals surface area contributed by atoms with E-state index in [0.29, 0.717) is 31.1 Å². The second kappa shape index (κ2) is 6.51. The average Bonchev–Trinajstić information content (AvgIpc) is 2.94. The van der Waals surface area contributed by atoms with Crippen LogP contribution in [0.2, 0.25) is 0 Å². The summed E-state index contributed by atoms with van der Waals surface area (Å²) in [7, 11) is 0. The third kappa shape index (κ3) is 3.21. The zero-order chi connectivity index (χ0) is 15.4. The number of carbonyl (C=O) groups is 1. The Morgan fingerprint density at radius 3 is 2.68 bits per heavy atom. The molecule has 0 bridgehead atoms. The molecular weight excluding hydrogens is 285 g/mol. The Kier molecular flexibility index (Phi) is 4.27. The van der Waals surface area contributed by atoms with Crippen LogP contribution >= 0.6 is 0 Å². The molecule has 1 aliphatic rings. The molecule has 22 heavy (non-hydrogen) atoms. The first-order valence-corrected chi connectivity index (χ1v) is 7.21. The summed E-state index contributed by atoms with van der Waals surface area (Å²) < 4.78 is 18.7. The minimum atomic E-state index is -0.303. The standard InChI is InChI=1S/C16H16FN3O2/c17-13-5-3-12(4-6-13)15-16(19-8-7-18-15)22-11-10-20-9-1-2-14(20)21/h3-8H,1-2,9-11H2. The van der Waals surface area contributed by atoms with Crippen LogP contribution in [0.15, 0.2) is 36.7 Å². The zero-order valence-electron chi connectivity index (χ0n) is 12.0. The van der Waals surface area contributed by atoms with Gasteiger partial charge in [-0.05, 0) is 30.7 Å². The van der Waals surface area contributed by atoms with Crippen molar-refractivity contribution in [1.82, 2.24) is 14.9 Å². The number of ether oxygens (including phenoxy) is 1. The van der Waals surface area contributed by atoms with Gasteiger partial charge < -0.3 is 9.64 Å². The van der Waals surface area contributed by atoms with E-state index in [2.05, 4.69) is 9.97 Å². The maximum absolute atomic E-state index is 13.0. The van der Waals surface area contributed by atoms with Crippen molar-refractivity contribution in [3.8, 4) is 17.1 Å². The molecule has 6 heteroatoms. The molecule has 3 rings (SSSR count). The second-order valence-electron chi connectivity index (χ2n) is 5.05. The van der Waals surface area contributed by atoms with Crippen LogP contribution in [0.1, 0.15) is 12.8 Å². The highest BCUT2D eigenvalue weighted by atomic mass is 19.1. The normalized spacial score (nSPS) is 14.4. The molecule has 5 nitrogen and oxygen atoms in total. The van der Waals surface area contributed by atoms with Gasteiger partial charge in [0.05, 0.1) is 6.54 Å². The highest BCUT2D eigenvalue weighted by molar-refractivity contribution is 5.78. The molecule has 0 radical (unpaired) electrons. The number of hydrogen-bond acceptors (Lipinski definition) is 4. The van der Waals surface area contributed by atoms with E-state index in [9.17, 15) is 9.18 Å². The molecule has 2 aromatic rings. The van der Waals surface area contributed by atoms with Crippen LogP contribution in [0.5, 0.6) is 5.88 Å². The zero-order valence-corrected chi connectivity index (χ0v) is 12.0. The Bertz CT molecular complexity index is 661. The van der Waals surface area contributed by atoms with E-state index in [1.807, 2.05) is 0 Å². The van der Waals surface area contributed by atoms with Crippen molar-refractivity contribution in [2.24, 2.45) is 0 Å². The Morgan fingerprint density at radius 1 is 1.18 bits per heavy atom. The number of halogens is 1. The molecule has 1 fully saturated rings. The Morgan fingerprint density at radius 2 is 1.95 bits per heavy atom. The van der Waals surface area contributed by atoms with E-state index in [0.717, 1.165) is 18.5 Å². The van der Waals surface area contributed by atoms with Gasteiger partial charge >= 0.3 is 0 Å². The molecule has 0 N–H and O–H groups in total. The third-order valence-corrected chi connectivity index (χ3v) is 3.55. The Labute approximate surface area is 127 Å². The monoisotopic (exact) mass is 301 g/mol. The largest absolute Gasteiger partial charge is 0.474 e. The van der Waals surface area contributed by atoms with Crippen molar-refractivity contribution in [3.05, 3.63) is 42.5 Å². The fraction of sp³-hybridized carbons (Fsp3) is 0.312. The maximum atomic E-state index is 13.0. The highest BCUT2D eigenvalue weighted by Crippen LogP contribution is 2.25. The fourth-order valence-corrected chi connectivity index (χ4v) is 2.43. The average molecular weight is 301 g/mol. The summed E-state index contributed by atoms with van der Waals surface area (Å²) in [6, 6.07) is 6.01. The van der Waals surface area contributed by atoms with Gasteiger partial charge in [-0.15, -0.1) is 0 Å². The van der Waals surface area contributed by atoms with E-state index in [-0.39, 0.29) is 11.7 Å². The molecular formula is C16H16FN3O2. The van der Waals surface area contributed by atoms with Gasteiger partial charge in [-0.25, -0.2) is 14.4 Å². The van der Waals surface area contributed by atoms with Crippen LogP contribution in [-0.4, -0.2) is 40.5 Å². The molecule has 1 saturated heterocycles. The van der Waals surface area contributed by atoms with Gasteiger partial charge in [0.15, 0.2) is 0 Å². The molecule has 2 heterocycles. The van der Waals surface area contributed by atoms with Crippen LogP contribution in [0.3, 0.4) is 0 Å². The van der Waals surface area contributed by atoms with E-state index in [1.165, 1.54) is 12.1 Å². The first kappa shape index (κ1) is 14.4. The molecule has 1 amide bonds. The first-order chi connectivity index (χ1) is 10.7. The van der Waals surface area contributed by atoms with Crippen molar-refractivity contribution >= 4 is 5.91 Å². The van der Waals surface area contributed by atoms with Gasteiger partial charge in [-0.2, -0.15) is 0 Å². The van der Waals surface area contributed by atoms with Gasteiger partial charge in [0.2, 0.25) is 11.8 Å². The second-order valence-corrected chi connectivity index (χ2v) is 5.05. The summed E-state index contributed by atoms with van der Waals surface area (Å²) in [6.07, 6.45) is 4.63. The summed E-state index contributed by atoms with van der Waals surface area (Å²) in [5, 5.41) is 0. The fourth-order valence-electron chi connectivity index (χ4n) is 2.43. The van der Waals surface area contributed by atoms with Crippen molar-refractivity contribution in [3.63, 3.8) is 0 Å². The van der Waals surface area contributed by atoms with E-state index < -0.39 is 0 Å². The van der Waals surface area contributed by atoms with Crippen molar-refractivity contribution in [2.45, 2.75) is 12.8 Å². The molecule has 0 spiro atoms. The highest BCUT2D eigenvalue weighted by Gasteiger charge is 2.19. The maximum Gasteiger partial charge on any atom is 0.240 e. The summed E-state index contributed by atoms with van der Waals surface area (Å²) in [6.45, 7) is 1.68. The SMILES string of the molecule is O=C1CCCN1CCOc1nccnc1-c1ccc(F)cc1. The quantitative estimate of drug-likeness (QED) is 0.850. The van der Waals surface area contributed by atoms with E-state index in [1.54, 1.807) is 29.4 Å². The molecule has 0 unspecified atom stereocenters. The summed E-state index contributed by atoms with van der Waals surface area (Å²) in [4.78, 5) is 21.8. The number of benzene rings is 1. The van der Waals surface area contributed by atoms with Crippen molar-refractivity contribution in [2.75, 3.05) is 19.7 Å². The lowest BCUT2D eigenvalue weighted by molar-refractivity contribution is -0.128. The Hall–Kier alpha value is -2.50. The number of aromatic nitrogens is 2. The molecule has 0 atom stereocenters. The lowest BCUT2D eigenvalue weighted by Gasteiger charge is -2.16.